The van der Waals surface area contributed by atoms with E-state index in [1.54, 1.807) is 0 Å². The van der Waals surface area contributed by atoms with Gasteiger partial charge in [0.2, 0.25) is 0 Å². The van der Waals surface area contributed by atoms with Gasteiger partial charge in [0.25, 0.3) is 0 Å². The molecule has 126 valence electrons. The normalized spacial score (nSPS) is 30.4. The summed E-state index contributed by atoms with van der Waals surface area (Å²) in [7, 11) is 0. The van der Waals surface area contributed by atoms with Crippen molar-refractivity contribution in [3.63, 3.8) is 0 Å². The van der Waals surface area contributed by atoms with Gasteiger partial charge in [0.05, 0.1) is 11.2 Å². The van der Waals surface area contributed by atoms with Gasteiger partial charge >= 0.3 is 0 Å². The molecule has 21 heavy (non-hydrogen) atoms. The molecule has 0 radical (unpaired) electrons. The lowest BCUT2D eigenvalue weighted by Crippen LogP contribution is -2.51. The Morgan fingerprint density at radius 3 is 1.76 bits per heavy atom. The van der Waals surface area contributed by atoms with Gasteiger partial charge in [-0.05, 0) is 60.3 Å². The monoisotopic (exact) mass is 302 g/mol. The molecular weight excluding hydrogens is 268 g/mol. The fraction of sp³-hybridized carbons (Fsp3) is 1.00. The topological polar surface area (TPSA) is 36.9 Å². The summed E-state index contributed by atoms with van der Waals surface area (Å²) >= 11 is 0. The van der Waals surface area contributed by atoms with Crippen molar-refractivity contribution >= 4 is 0 Å². The van der Waals surface area contributed by atoms with Gasteiger partial charge in [0.1, 0.15) is 12.2 Å². The highest BCUT2D eigenvalue weighted by molar-refractivity contribution is 4.93. The third-order valence-electron chi connectivity index (χ3n) is 3.78. The largest absolute Gasteiger partial charge is 0.232 e. The number of hydrogen-bond donors (Lipinski definition) is 0. The van der Waals surface area contributed by atoms with Crippen LogP contribution in [0.25, 0.3) is 0 Å². The van der Waals surface area contributed by atoms with E-state index in [2.05, 4.69) is 20.8 Å². The first-order valence-corrected chi connectivity index (χ1v) is 8.02. The van der Waals surface area contributed by atoms with Crippen LogP contribution in [0.5, 0.6) is 0 Å². The van der Waals surface area contributed by atoms with Crippen molar-refractivity contribution in [3.8, 4) is 0 Å². The maximum absolute atomic E-state index is 5.80. The van der Waals surface area contributed by atoms with E-state index in [1.807, 2.05) is 41.5 Å². The summed E-state index contributed by atoms with van der Waals surface area (Å²) in [4.78, 5) is 22.6. The van der Waals surface area contributed by atoms with Gasteiger partial charge in [-0.2, -0.15) is 0 Å². The van der Waals surface area contributed by atoms with Crippen LogP contribution in [-0.2, 0) is 19.6 Å². The molecule has 0 aliphatic heterocycles. The van der Waals surface area contributed by atoms with Crippen LogP contribution in [-0.4, -0.2) is 23.4 Å². The lowest BCUT2D eigenvalue weighted by Gasteiger charge is -2.46. The summed E-state index contributed by atoms with van der Waals surface area (Å²) in [6.45, 7) is 18.5. The lowest BCUT2D eigenvalue weighted by molar-refractivity contribution is -0.433. The molecule has 4 nitrogen and oxygen atoms in total. The average Bonchev–Trinajstić information content (AvgIpc) is 2.23. The summed E-state index contributed by atoms with van der Waals surface area (Å²) in [5, 5.41) is 0. The molecule has 0 heterocycles. The first-order valence-electron chi connectivity index (χ1n) is 8.02. The molecule has 4 heteroatoms. The molecule has 3 atom stereocenters. The SMILES string of the molecule is CC1CCC(OOC(C)(C)C)C(C)(C)C1OOC(C)(C)C. The van der Waals surface area contributed by atoms with Gasteiger partial charge in [-0.3, -0.25) is 0 Å². The van der Waals surface area contributed by atoms with Crippen LogP contribution in [0.2, 0.25) is 0 Å². The van der Waals surface area contributed by atoms with Gasteiger partial charge in [-0.15, -0.1) is 0 Å². The summed E-state index contributed by atoms with van der Waals surface area (Å²) in [6, 6.07) is 0. The van der Waals surface area contributed by atoms with E-state index < -0.39 is 0 Å². The fourth-order valence-corrected chi connectivity index (χ4v) is 2.64. The van der Waals surface area contributed by atoms with Crippen molar-refractivity contribution in [1.82, 2.24) is 0 Å². The predicted molar refractivity (Wildman–Crippen MR) is 83.6 cm³/mol. The first kappa shape index (κ1) is 18.9. The van der Waals surface area contributed by atoms with E-state index in [9.17, 15) is 0 Å². The highest BCUT2D eigenvalue weighted by atomic mass is 17.2. The maximum Gasteiger partial charge on any atom is 0.103 e. The molecular formula is C17H34O4. The third-order valence-corrected chi connectivity index (χ3v) is 3.78. The van der Waals surface area contributed by atoms with Crippen molar-refractivity contribution in [3.05, 3.63) is 0 Å². The molecule has 3 unspecified atom stereocenters. The minimum atomic E-state index is -0.314. The summed E-state index contributed by atoms with van der Waals surface area (Å²) in [5.74, 6) is 0.428. The number of hydrogen-bond acceptors (Lipinski definition) is 4. The second-order valence-corrected chi connectivity index (χ2v) is 8.87. The van der Waals surface area contributed by atoms with Crippen LogP contribution in [0, 0.1) is 11.3 Å². The van der Waals surface area contributed by atoms with Crippen molar-refractivity contribution in [1.29, 1.82) is 0 Å². The van der Waals surface area contributed by atoms with Gasteiger partial charge in [-0.25, -0.2) is 19.6 Å². The van der Waals surface area contributed by atoms with Crippen LogP contribution in [0.4, 0.5) is 0 Å². The smallest absolute Gasteiger partial charge is 0.103 e. The zero-order chi connectivity index (χ0) is 16.5. The second-order valence-electron chi connectivity index (χ2n) is 8.87. The average molecular weight is 302 g/mol. The Labute approximate surface area is 130 Å². The molecule has 0 aromatic rings. The van der Waals surface area contributed by atoms with Crippen LogP contribution in [0.3, 0.4) is 0 Å². The maximum atomic E-state index is 5.80. The van der Waals surface area contributed by atoms with E-state index in [1.165, 1.54) is 0 Å². The molecule has 0 amide bonds. The van der Waals surface area contributed by atoms with Crippen LogP contribution in [0.1, 0.15) is 75.2 Å². The Bertz CT molecular complexity index is 325. The molecule has 1 aliphatic rings. The summed E-state index contributed by atoms with van der Waals surface area (Å²) < 4.78 is 0. The molecule has 0 saturated heterocycles. The minimum Gasteiger partial charge on any atom is -0.232 e. The molecule has 0 N–H and O–H groups in total. The van der Waals surface area contributed by atoms with Gasteiger partial charge in [0.15, 0.2) is 0 Å². The standard InChI is InChI=1S/C17H34O4/c1-12-10-11-13(18-20-15(2,3)4)17(8,9)14(12)19-21-16(5,6)7/h12-14H,10-11H2,1-9H3. The first-order chi connectivity index (χ1) is 9.33. The number of rotatable bonds is 4. The Morgan fingerprint density at radius 1 is 0.810 bits per heavy atom. The highest BCUT2D eigenvalue weighted by Gasteiger charge is 2.47. The van der Waals surface area contributed by atoms with E-state index >= 15 is 0 Å². The van der Waals surface area contributed by atoms with Crippen LogP contribution in [0.15, 0.2) is 0 Å². The predicted octanol–water partition coefficient (Wildman–Crippen LogP) is 4.67. The second kappa shape index (κ2) is 6.53. The molecule has 1 aliphatic carbocycles. The Kier molecular flexibility index (Phi) is 5.87. The van der Waals surface area contributed by atoms with Gasteiger partial charge in [-0.1, -0.05) is 20.8 Å². The molecule has 0 aromatic heterocycles. The van der Waals surface area contributed by atoms with E-state index in [0.717, 1.165) is 12.8 Å². The van der Waals surface area contributed by atoms with E-state index in [0.29, 0.717) is 5.92 Å². The van der Waals surface area contributed by atoms with Crippen molar-refractivity contribution < 1.29 is 19.6 Å². The van der Waals surface area contributed by atoms with Gasteiger partial charge in [0, 0.05) is 5.41 Å². The van der Waals surface area contributed by atoms with E-state index in [-0.39, 0.29) is 28.8 Å². The molecule has 0 bridgehead atoms. The van der Waals surface area contributed by atoms with Gasteiger partial charge < -0.3 is 0 Å². The molecule has 0 spiro atoms. The molecule has 1 rings (SSSR count). The molecule has 0 aromatic carbocycles. The van der Waals surface area contributed by atoms with Crippen molar-refractivity contribution in [2.75, 3.05) is 0 Å². The van der Waals surface area contributed by atoms with Crippen LogP contribution < -0.4 is 0 Å². The Hall–Kier alpha value is -0.160. The summed E-state index contributed by atoms with van der Waals surface area (Å²) in [5.41, 5.74) is -0.795. The molecule has 1 saturated carbocycles. The fourth-order valence-electron chi connectivity index (χ4n) is 2.64. The zero-order valence-electron chi connectivity index (χ0n) is 15.3. The molecule has 1 fully saturated rings. The zero-order valence-corrected chi connectivity index (χ0v) is 15.3. The van der Waals surface area contributed by atoms with E-state index in [4.69, 9.17) is 19.6 Å². The Morgan fingerprint density at radius 2 is 1.29 bits per heavy atom. The minimum absolute atomic E-state index is 0.00138. The lowest BCUT2D eigenvalue weighted by atomic mass is 9.68. The van der Waals surface area contributed by atoms with Crippen molar-refractivity contribution in [2.45, 2.75) is 98.6 Å². The van der Waals surface area contributed by atoms with Crippen molar-refractivity contribution in [2.24, 2.45) is 11.3 Å². The summed E-state index contributed by atoms with van der Waals surface area (Å²) in [6.07, 6.45) is 2.00. The quantitative estimate of drug-likeness (QED) is 0.558. The highest BCUT2D eigenvalue weighted by Crippen LogP contribution is 2.43. The third kappa shape index (κ3) is 5.85. The Balaban J connectivity index is 2.72. The van der Waals surface area contributed by atoms with Crippen LogP contribution >= 0.6 is 0 Å².